The number of benzene rings is 9. The fraction of sp³-hybridized carbons (Fsp3) is 0.0357. The van der Waals surface area contributed by atoms with E-state index in [1.807, 2.05) is 0 Å². The van der Waals surface area contributed by atoms with E-state index in [1.165, 1.54) is 83.8 Å². The van der Waals surface area contributed by atoms with E-state index in [0.29, 0.717) is 0 Å². The Morgan fingerprint density at radius 2 is 0.586 bits per heavy atom. The topological polar surface area (TPSA) is 6.48 Å². The predicted octanol–water partition coefficient (Wildman–Crippen LogP) is 15.1. The molecule has 9 aromatic carbocycles. The Hall–Kier alpha value is -7.42. The predicted molar refractivity (Wildman–Crippen MR) is 243 cm³/mol. The van der Waals surface area contributed by atoms with Gasteiger partial charge in [-0.1, -0.05) is 158 Å². The second-order valence-corrected chi connectivity index (χ2v) is 15.4. The third-order valence-electron chi connectivity index (χ3n) is 11.9. The van der Waals surface area contributed by atoms with Gasteiger partial charge in [-0.2, -0.15) is 0 Å². The normalized spacial score (nSPS) is 12.3. The molecule has 0 spiro atoms. The summed E-state index contributed by atoms with van der Waals surface area (Å²) in [6.45, 7) is 0. The first-order valence-corrected chi connectivity index (χ1v) is 20.2. The van der Waals surface area contributed by atoms with Crippen LogP contribution in [0, 0.1) is 0 Å². The molecule has 2 nitrogen and oxygen atoms in total. The maximum Gasteiger partial charge on any atom is 0.0533 e. The van der Waals surface area contributed by atoms with Crippen LogP contribution in [0.2, 0.25) is 0 Å². The zero-order chi connectivity index (χ0) is 38.4. The lowest BCUT2D eigenvalue weighted by Gasteiger charge is -2.39. The van der Waals surface area contributed by atoms with Crippen LogP contribution in [0.15, 0.2) is 218 Å². The molecule has 0 radical (unpaired) electrons. The molecule has 58 heavy (non-hydrogen) atoms. The maximum atomic E-state index is 2.50. The van der Waals surface area contributed by atoms with Gasteiger partial charge in [0.2, 0.25) is 0 Å². The summed E-state index contributed by atoms with van der Waals surface area (Å²) in [4.78, 5) is 4.84. The second kappa shape index (κ2) is 14.3. The average Bonchev–Trinajstić information content (AvgIpc) is 3.30. The van der Waals surface area contributed by atoms with Crippen molar-refractivity contribution in [1.29, 1.82) is 0 Å². The van der Waals surface area contributed by atoms with Gasteiger partial charge in [-0.25, -0.2) is 0 Å². The number of rotatable bonds is 7. The zero-order valence-corrected chi connectivity index (χ0v) is 32.1. The fourth-order valence-electron chi connectivity index (χ4n) is 8.99. The first-order valence-electron chi connectivity index (χ1n) is 20.2. The van der Waals surface area contributed by atoms with Crippen LogP contribution in [0.4, 0.5) is 34.1 Å². The summed E-state index contributed by atoms with van der Waals surface area (Å²) in [5.41, 5.74) is 22.6. The third kappa shape index (κ3) is 6.07. The molecular weight excluding hydrogens is 701 g/mol. The van der Waals surface area contributed by atoms with Gasteiger partial charge in [-0.05, 0) is 127 Å². The Labute approximate surface area is 340 Å². The lowest BCUT2D eigenvalue weighted by Crippen LogP contribution is -2.24. The van der Waals surface area contributed by atoms with Crippen molar-refractivity contribution in [3.63, 3.8) is 0 Å². The van der Waals surface area contributed by atoms with Crippen LogP contribution in [-0.4, -0.2) is 0 Å². The Kier molecular flexibility index (Phi) is 8.33. The van der Waals surface area contributed by atoms with E-state index in [1.54, 1.807) is 0 Å². The van der Waals surface area contributed by atoms with Gasteiger partial charge in [0, 0.05) is 41.3 Å². The highest BCUT2D eigenvalue weighted by molar-refractivity contribution is 5.91. The van der Waals surface area contributed by atoms with Crippen molar-refractivity contribution in [2.45, 2.75) is 12.8 Å². The number of fused-ring (bicyclic) bond motifs is 4. The highest BCUT2D eigenvalue weighted by atomic mass is 15.2. The monoisotopic (exact) mass is 740 g/mol. The lowest BCUT2D eigenvalue weighted by molar-refractivity contribution is 1.01. The smallest absolute Gasteiger partial charge is 0.0533 e. The van der Waals surface area contributed by atoms with Gasteiger partial charge < -0.3 is 9.80 Å². The van der Waals surface area contributed by atoms with E-state index in [0.717, 1.165) is 29.9 Å². The van der Waals surface area contributed by atoms with Crippen LogP contribution in [0.3, 0.4) is 0 Å². The van der Waals surface area contributed by atoms with Crippen molar-refractivity contribution < 1.29 is 0 Å². The molecule has 0 bridgehead atoms. The molecule has 0 unspecified atom stereocenters. The standard InChI is InChI=1S/C56H40N2/c1-3-11-39(12-4-1)42-23-29-51(30-24-42)57(52-31-25-43(26-32-52)40-13-5-2-6-14-40)53-33-27-44(28-34-53)41-19-21-45(22-20-41)48-37-49-35-46-15-7-9-17-54(46)58-55-18-10-8-16-47(55)36-50(38-48)56(49)58/h1-34,37-38H,35-36H2. The minimum atomic E-state index is 0.945. The van der Waals surface area contributed by atoms with Crippen molar-refractivity contribution in [3.8, 4) is 44.5 Å². The molecule has 2 aliphatic rings. The summed E-state index contributed by atoms with van der Waals surface area (Å²) in [6, 6.07) is 79.7. The molecule has 0 saturated heterocycles. The molecule has 2 aliphatic heterocycles. The van der Waals surface area contributed by atoms with E-state index in [9.17, 15) is 0 Å². The van der Waals surface area contributed by atoms with Crippen LogP contribution in [0.1, 0.15) is 22.3 Å². The Morgan fingerprint density at radius 3 is 0.983 bits per heavy atom. The highest BCUT2D eigenvalue weighted by Gasteiger charge is 2.31. The molecule has 0 amide bonds. The van der Waals surface area contributed by atoms with E-state index >= 15 is 0 Å². The zero-order valence-electron chi connectivity index (χ0n) is 32.1. The van der Waals surface area contributed by atoms with Gasteiger partial charge in [-0.3, -0.25) is 0 Å². The second-order valence-electron chi connectivity index (χ2n) is 15.4. The quantitative estimate of drug-likeness (QED) is 0.161. The molecule has 11 rings (SSSR count). The number of hydrogen-bond acceptors (Lipinski definition) is 2. The molecule has 0 aromatic heterocycles. The fourth-order valence-corrected chi connectivity index (χ4v) is 8.99. The lowest BCUT2D eigenvalue weighted by atomic mass is 9.84. The van der Waals surface area contributed by atoms with Gasteiger partial charge in [0.25, 0.3) is 0 Å². The summed E-state index contributed by atoms with van der Waals surface area (Å²) in [5.74, 6) is 0. The number of para-hydroxylation sites is 2. The molecule has 0 N–H and O–H groups in total. The minimum absolute atomic E-state index is 0.945. The van der Waals surface area contributed by atoms with Gasteiger partial charge in [0.05, 0.1) is 5.69 Å². The van der Waals surface area contributed by atoms with Gasteiger partial charge >= 0.3 is 0 Å². The largest absolute Gasteiger partial charge is 0.311 e. The Bertz CT molecular complexity index is 2740. The van der Waals surface area contributed by atoms with Gasteiger partial charge in [0.15, 0.2) is 0 Å². The van der Waals surface area contributed by atoms with Gasteiger partial charge in [-0.15, -0.1) is 0 Å². The van der Waals surface area contributed by atoms with Crippen molar-refractivity contribution in [1.82, 2.24) is 0 Å². The summed E-state index contributed by atoms with van der Waals surface area (Å²) < 4.78 is 0. The number of nitrogens with zero attached hydrogens (tertiary/aromatic N) is 2. The van der Waals surface area contributed by atoms with Crippen LogP contribution >= 0.6 is 0 Å². The van der Waals surface area contributed by atoms with Crippen molar-refractivity contribution >= 4 is 34.1 Å². The van der Waals surface area contributed by atoms with Crippen LogP contribution in [0.25, 0.3) is 44.5 Å². The summed E-state index contributed by atoms with van der Waals surface area (Å²) in [6.07, 6.45) is 1.89. The molecule has 9 aromatic rings. The minimum Gasteiger partial charge on any atom is -0.311 e. The van der Waals surface area contributed by atoms with E-state index in [-0.39, 0.29) is 0 Å². The number of anilines is 6. The Balaban J connectivity index is 0.904. The molecule has 0 atom stereocenters. The SMILES string of the molecule is c1ccc(-c2ccc(N(c3ccc(-c4ccccc4)cc3)c3ccc(-c4ccc(-c5cc6c7c(c5)Cc5ccccc5N7c5ccccc5C6)cc4)cc3)cc2)cc1. The summed E-state index contributed by atoms with van der Waals surface area (Å²) >= 11 is 0. The van der Waals surface area contributed by atoms with Crippen molar-refractivity contribution in [3.05, 3.63) is 241 Å². The van der Waals surface area contributed by atoms with E-state index < -0.39 is 0 Å². The molecular formula is C56H40N2. The summed E-state index contributed by atoms with van der Waals surface area (Å²) in [7, 11) is 0. The first-order chi connectivity index (χ1) is 28.7. The molecule has 2 heterocycles. The van der Waals surface area contributed by atoms with E-state index in [4.69, 9.17) is 0 Å². The van der Waals surface area contributed by atoms with Crippen LogP contribution < -0.4 is 9.80 Å². The van der Waals surface area contributed by atoms with Crippen LogP contribution in [0.5, 0.6) is 0 Å². The third-order valence-corrected chi connectivity index (χ3v) is 11.9. The molecule has 2 heteroatoms. The van der Waals surface area contributed by atoms with Gasteiger partial charge in [0.1, 0.15) is 0 Å². The van der Waals surface area contributed by atoms with Crippen molar-refractivity contribution in [2.75, 3.05) is 9.80 Å². The highest BCUT2D eigenvalue weighted by Crippen LogP contribution is 2.51. The summed E-state index contributed by atoms with van der Waals surface area (Å²) in [5, 5.41) is 0. The van der Waals surface area contributed by atoms with E-state index in [2.05, 4.69) is 228 Å². The first kappa shape index (κ1) is 33.9. The molecule has 0 aliphatic carbocycles. The molecule has 0 fully saturated rings. The molecule has 0 saturated carbocycles. The average molecular weight is 741 g/mol. The van der Waals surface area contributed by atoms with Crippen LogP contribution in [-0.2, 0) is 12.8 Å². The maximum absolute atomic E-state index is 2.50. The van der Waals surface area contributed by atoms with Crippen molar-refractivity contribution in [2.24, 2.45) is 0 Å². The Morgan fingerprint density at radius 1 is 0.276 bits per heavy atom. The molecule has 274 valence electrons. The number of hydrogen-bond donors (Lipinski definition) is 0.